The zero-order valence-corrected chi connectivity index (χ0v) is 8.96. The van der Waals surface area contributed by atoms with Gasteiger partial charge in [0.1, 0.15) is 5.82 Å². The Morgan fingerprint density at radius 1 is 1.38 bits per heavy atom. The maximum absolute atomic E-state index is 8.82. The summed E-state index contributed by atoms with van der Waals surface area (Å²) in [6.45, 7) is 0. The molecule has 1 heterocycles. The van der Waals surface area contributed by atoms with Crippen LogP contribution in [0, 0.1) is 11.3 Å². The van der Waals surface area contributed by atoms with Gasteiger partial charge < -0.3 is 4.57 Å². The minimum atomic E-state index is 0.799. The van der Waals surface area contributed by atoms with Crippen LogP contribution in [0.15, 0.2) is 48.8 Å². The Bertz CT molecular complexity index is 544. The molecule has 0 spiro atoms. The molecule has 1 aromatic heterocycles. The Morgan fingerprint density at radius 2 is 2.12 bits per heavy atom. The van der Waals surface area contributed by atoms with Crippen molar-refractivity contribution < 1.29 is 0 Å². The number of hydrogen-bond donors (Lipinski definition) is 0. The van der Waals surface area contributed by atoms with E-state index in [0.29, 0.717) is 0 Å². The quantitative estimate of drug-likeness (QED) is 0.712. The minimum absolute atomic E-state index is 0.799. The first-order valence-electron chi connectivity index (χ1n) is 4.96. The van der Waals surface area contributed by atoms with E-state index in [-0.39, 0.29) is 0 Å². The first-order valence-corrected chi connectivity index (χ1v) is 4.96. The van der Waals surface area contributed by atoms with Gasteiger partial charge in [-0.05, 0) is 5.56 Å². The maximum Gasteiger partial charge on any atom is 0.140 e. The summed E-state index contributed by atoms with van der Waals surface area (Å²) in [5, 5.41) is 8.82. The average Bonchev–Trinajstić information content (AvgIpc) is 2.73. The molecule has 2 aromatic rings. The maximum atomic E-state index is 8.82. The van der Waals surface area contributed by atoms with E-state index in [9.17, 15) is 0 Å². The molecule has 2 rings (SSSR count). The molecule has 0 aliphatic carbocycles. The van der Waals surface area contributed by atoms with Gasteiger partial charge >= 0.3 is 0 Å². The topological polar surface area (TPSA) is 41.6 Å². The van der Waals surface area contributed by atoms with E-state index in [0.717, 1.165) is 17.0 Å². The molecule has 0 saturated carbocycles. The van der Waals surface area contributed by atoms with Crippen LogP contribution in [-0.4, -0.2) is 9.55 Å². The highest BCUT2D eigenvalue weighted by Gasteiger charge is 2.08. The van der Waals surface area contributed by atoms with Crippen LogP contribution in [0.2, 0.25) is 0 Å². The fraction of sp³-hybridized carbons (Fsp3) is 0.0769. The molecular formula is C13H11N3. The number of aromatic nitrogens is 2. The van der Waals surface area contributed by atoms with E-state index >= 15 is 0 Å². The summed E-state index contributed by atoms with van der Waals surface area (Å²) in [6.07, 6.45) is 5.12. The van der Waals surface area contributed by atoms with Crippen molar-refractivity contribution in [2.45, 2.75) is 0 Å². The normalized spacial score (nSPS) is 11.1. The molecule has 0 fully saturated rings. The second-order valence-electron chi connectivity index (χ2n) is 3.41. The van der Waals surface area contributed by atoms with Gasteiger partial charge in [-0.1, -0.05) is 30.3 Å². The number of rotatable bonds is 2. The third-order valence-electron chi connectivity index (χ3n) is 2.36. The summed E-state index contributed by atoms with van der Waals surface area (Å²) in [7, 11) is 1.91. The Hall–Kier alpha value is -2.34. The highest BCUT2D eigenvalue weighted by Crippen LogP contribution is 2.20. The zero-order valence-electron chi connectivity index (χ0n) is 8.96. The number of nitrogens with zero attached hydrogens (tertiary/aromatic N) is 3. The van der Waals surface area contributed by atoms with Gasteiger partial charge in [0.2, 0.25) is 0 Å². The molecule has 0 unspecified atom stereocenters. The molecule has 0 aliphatic rings. The number of allylic oxidation sites excluding steroid dienone is 1. The van der Waals surface area contributed by atoms with E-state index < -0.39 is 0 Å². The van der Waals surface area contributed by atoms with Crippen LogP contribution in [0.4, 0.5) is 0 Å². The van der Waals surface area contributed by atoms with Crippen molar-refractivity contribution in [1.29, 1.82) is 5.26 Å². The van der Waals surface area contributed by atoms with Crippen molar-refractivity contribution in [2.75, 3.05) is 0 Å². The molecule has 0 aliphatic heterocycles. The van der Waals surface area contributed by atoms with E-state index in [4.69, 9.17) is 5.26 Å². The summed E-state index contributed by atoms with van der Waals surface area (Å²) < 4.78 is 1.90. The van der Waals surface area contributed by atoms with Crippen LogP contribution in [0.1, 0.15) is 11.4 Å². The van der Waals surface area contributed by atoms with Crippen LogP contribution in [0.5, 0.6) is 0 Å². The summed E-state index contributed by atoms with van der Waals surface area (Å²) in [5.41, 5.74) is 1.84. The SMILES string of the molecule is Cn1ccnc1/C(=C\C#N)c1ccccc1. The van der Waals surface area contributed by atoms with Crippen molar-refractivity contribution in [3.63, 3.8) is 0 Å². The summed E-state index contributed by atoms with van der Waals surface area (Å²) in [6, 6.07) is 11.9. The van der Waals surface area contributed by atoms with Gasteiger partial charge in [0.25, 0.3) is 0 Å². The van der Waals surface area contributed by atoms with Gasteiger partial charge in [-0.3, -0.25) is 0 Å². The molecule has 0 saturated heterocycles. The molecule has 3 heteroatoms. The van der Waals surface area contributed by atoms with Crippen LogP contribution < -0.4 is 0 Å². The van der Waals surface area contributed by atoms with Gasteiger partial charge in [-0.25, -0.2) is 4.98 Å². The van der Waals surface area contributed by atoms with E-state index in [1.165, 1.54) is 6.08 Å². The molecule has 1 aromatic carbocycles. The Kier molecular flexibility index (Phi) is 2.84. The van der Waals surface area contributed by atoms with Gasteiger partial charge in [0.05, 0.1) is 6.07 Å². The summed E-state index contributed by atoms with van der Waals surface area (Å²) in [5.74, 6) is 0.799. The molecule has 0 radical (unpaired) electrons. The van der Waals surface area contributed by atoms with Crippen LogP contribution >= 0.6 is 0 Å². The van der Waals surface area contributed by atoms with Gasteiger partial charge in [-0.2, -0.15) is 5.26 Å². The molecule has 0 amide bonds. The van der Waals surface area contributed by atoms with Crippen LogP contribution in [-0.2, 0) is 7.05 Å². The number of benzene rings is 1. The zero-order chi connectivity index (χ0) is 11.4. The smallest absolute Gasteiger partial charge is 0.140 e. The minimum Gasteiger partial charge on any atom is -0.334 e. The molecule has 16 heavy (non-hydrogen) atoms. The molecule has 0 bridgehead atoms. The van der Waals surface area contributed by atoms with E-state index in [2.05, 4.69) is 11.1 Å². The third kappa shape index (κ3) is 1.86. The Labute approximate surface area is 94.3 Å². The fourth-order valence-corrected chi connectivity index (χ4v) is 1.58. The Balaban J connectivity index is 2.54. The van der Waals surface area contributed by atoms with Gasteiger partial charge in [-0.15, -0.1) is 0 Å². The lowest BCUT2D eigenvalue weighted by atomic mass is 10.1. The predicted octanol–water partition coefficient (Wildman–Crippen LogP) is 2.38. The number of imidazole rings is 1. The summed E-state index contributed by atoms with van der Waals surface area (Å²) in [4.78, 5) is 4.25. The lowest BCUT2D eigenvalue weighted by molar-refractivity contribution is 0.891. The van der Waals surface area contributed by atoms with Crippen molar-refractivity contribution in [3.05, 3.63) is 60.2 Å². The molecule has 3 nitrogen and oxygen atoms in total. The number of nitriles is 1. The van der Waals surface area contributed by atoms with Crippen LogP contribution in [0.25, 0.3) is 5.57 Å². The second kappa shape index (κ2) is 4.45. The second-order valence-corrected chi connectivity index (χ2v) is 3.41. The predicted molar refractivity (Wildman–Crippen MR) is 62.3 cm³/mol. The highest BCUT2D eigenvalue weighted by atomic mass is 15.0. The van der Waals surface area contributed by atoms with Crippen molar-refractivity contribution >= 4 is 5.57 Å². The van der Waals surface area contributed by atoms with E-state index in [1.807, 2.05) is 48.1 Å². The standard InChI is InChI=1S/C13H11N3/c1-16-10-9-15-13(16)12(7-8-14)11-5-3-2-4-6-11/h2-7,9-10H,1H3/b12-7-. The van der Waals surface area contributed by atoms with Crippen molar-refractivity contribution in [1.82, 2.24) is 9.55 Å². The van der Waals surface area contributed by atoms with Crippen LogP contribution in [0.3, 0.4) is 0 Å². The highest BCUT2D eigenvalue weighted by molar-refractivity contribution is 5.77. The fourth-order valence-electron chi connectivity index (χ4n) is 1.58. The number of hydrogen-bond acceptors (Lipinski definition) is 2. The van der Waals surface area contributed by atoms with Gasteiger partial charge in [0.15, 0.2) is 0 Å². The molecule has 0 N–H and O–H groups in total. The first kappa shape index (κ1) is 10.2. The lowest BCUT2D eigenvalue weighted by Gasteiger charge is -2.06. The van der Waals surface area contributed by atoms with Gasteiger partial charge in [0, 0.05) is 31.1 Å². The number of aryl methyl sites for hydroxylation is 1. The largest absolute Gasteiger partial charge is 0.334 e. The Morgan fingerprint density at radius 3 is 2.69 bits per heavy atom. The first-order chi connectivity index (χ1) is 7.83. The molecular weight excluding hydrogens is 198 g/mol. The summed E-state index contributed by atoms with van der Waals surface area (Å²) >= 11 is 0. The lowest BCUT2D eigenvalue weighted by Crippen LogP contribution is -1.97. The van der Waals surface area contributed by atoms with Crippen molar-refractivity contribution in [2.24, 2.45) is 7.05 Å². The molecule has 78 valence electrons. The average molecular weight is 209 g/mol. The molecule has 0 atom stereocenters. The van der Waals surface area contributed by atoms with Crippen molar-refractivity contribution in [3.8, 4) is 6.07 Å². The van der Waals surface area contributed by atoms with E-state index in [1.54, 1.807) is 6.20 Å². The third-order valence-corrected chi connectivity index (χ3v) is 2.36. The monoisotopic (exact) mass is 209 g/mol.